The predicted octanol–water partition coefficient (Wildman–Crippen LogP) is 1.53. The Morgan fingerprint density at radius 3 is 2.33 bits per heavy atom. The molecule has 3 rings (SSSR count). The number of carbonyl (C=O) groups excluding carboxylic acids is 3. The van der Waals surface area contributed by atoms with Crippen LogP contribution in [-0.4, -0.2) is 28.8 Å². The molecule has 0 saturated carbocycles. The highest BCUT2D eigenvalue weighted by atomic mass is 16.5. The molecule has 7 heteroatoms. The maximum atomic E-state index is 12.5. The standard InChI is InChI=1S/C20H19N3O4/c1-12-17(19(25)20(22)26)18-14(8-5-9-15(18)27-11-16(21)24)23(12)10-13-6-3-2-4-7-13/h2-9H,10-11H2,1H3,(H2,21,24)(H2,22,26). The molecule has 7 nitrogen and oxygen atoms in total. The topological polar surface area (TPSA) is 117 Å². The first-order valence-electron chi connectivity index (χ1n) is 8.31. The highest BCUT2D eigenvalue weighted by Gasteiger charge is 2.26. The highest BCUT2D eigenvalue weighted by Crippen LogP contribution is 2.34. The molecule has 1 heterocycles. The van der Waals surface area contributed by atoms with Crippen molar-refractivity contribution in [1.82, 2.24) is 4.57 Å². The number of aromatic nitrogens is 1. The highest BCUT2D eigenvalue weighted by molar-refractivity contribution is 6.45. The lowest BCUT2D eigenvalue weighted by molar-refractivity contribution is -0.120. The van der Waals surface area contributed by atoms with Gasteiger partial charge in [-0.25, -0.2) is 0 Å². The molecule has 0 bridgehead atoms. The second kappa shape index (κ2) is 7.33. The first-order valence-corrected chi connectivity index (χ1v) is 8.31. The first kappa shape index (κ1) is 18.2. The lowest BCUT2D eigenvalue weighted by atomic mass is 10.1. The largest absolute Gasteiger partial charge is 0.483 e. The first-order chi connectivity index (χ1) is 12.9. The number of hydrogen-bond donors (Lipinski definition) is 2. The quantitative estimate of drug-likeness (QED) is 0.488. The van der Waals surface area contributed by atoms with Crippen LogP contribution in [0.5, 0.6) is 5.75 Å². The van der Waals surface area contributed by atoms with Gasteiger partial charge in [-0.3, -0.25) is 14.4 Å². The molecule has 3 aromatic rings. The van der Waals surface area contributed by atoms with E-state index in [1.807, 2.05) is 41.0 Å². The van der Waals surface area contributed by atoms with Crippen LogP contribution in [0, 0.1) is 6.92 Å². The van der Waals surface area contributed by atoms with Crippen LogP contribution < -0.4 is 16.2 Å². The Morgan fingerprint density at radius 1 is 1.00 bits per heavy atom. The predicted molar refractivity (Wildman–Crippen MR) is 100 cm³/mol. The summed E-state index contributed by atoms with van der Waals surface area (Å²) in [6.45, 7) is 1.90. The molecular formula is C20H19N3O4. The van der Waals surface area contributed by atoms with E-state index in [-0.39, 0.29) is 12.2 Å². The molecule has 0 aliphatic heterocycles. The van der Waals surface area contributed by atoms with Gasteiger partial charge in [-0.2, -0.15) is 0 Å². The van der Waals surface area contributed by atoms with E-state index in [1.165, 1.54) is 0 Å². The van der Waals surface area contributed by atoms with E-state index in [2.05, 4.69) is 0 Å². The van der Waals surface area contributed by atoms with Gasteiger partial charge in [-0.15, -0.1) is 0 Å². The number of fused-ring (bicyclic) bond motifs is 1. The number of carbonyl (C=O) groups is 3. The minimum atomic E-state index is -1.05. The molecule has 0 unspecified atom stereocenters. The van der Waals surface area contributed by atoms with E-state index in [0.29, 0.717) is 28.9 Å². The summed E-state index contributed by atoms with van der Waals surface area (Å²) in [6.07, 6.45) is 0. The van der Waals surface area contributed by atoms with Crippen molar-refractivity contribution in [2.24, 2.45) is 11.5 Å². The van der Waals surface area contributed by atoms with Gasteiger partial charge in [-0.05, 0) is 24.6 Å². The van der Waals surface area contributed by atoms with Crippen molar-refractivity contribution in [2.75, 3.05) is 6.61 Å². The van der Waals surface area contributed by atoms with Crippen molar-refractivity contribution in [3.8, 4) is 5.75 Å². The molecule has 0 atom stereocenters. The number of benzene rings is 2. The Hall–Kier alpha value is -3.61. The minimum Gasteiger partial charge on any atom is -0.483 e. The minimum absolute atomic E-state index is 0.175. The molecule has 0 saturated heterocycles. The van der Waals surface area contributed by atoms with E-state index in [0.717, 1.165) is 5.56 Å². The summed E-state index contributed by atoms with van der Waals surface area (Å²) < 4.78 is 7.39. The average Bonchev–Trinajstić information content (AvgIpc) is 2.92. The molecule has 4 N–H and O–H groups in total. The van der Waals surface area contributed by atoms with Gasteiger partial charge in [-0.1, -0.05) is 36.4 Å². The van der Waals surface area contributed by atoms with E-state index in [9.17, 15) is 14.4 Å². The molecule has 0 aliphatic rings. The maximum absolute atomic E-state index is 12.5. The van der Waals surface area contributed by atoms with E-state index < -0.39 is 17.6 Å². The third kappa shape index (κ3) is 3.52. The van der Waals surface area contributed by atoms with Crippen molar-refractivity contribution in [3.63, 3.8) is 0 Å². The van der Waals surface area contributed by atoms with Crippen molar-refractivity contribution < 1.29 is 19.1 Å². The molecule has 138 valence electrons. The average molecular weight is 365 g/mol. The number of amides is 2. The molecule has 27 heavy (non-hydrogen) atoms. The number of nitrogens with two attached hydrogens (primary N) is 2. The Balaban J connectivity index is 2.23. The summed E-state index contributed by atoms with van der Waals surface area (Å²) in [7, 11) is 0. The number of primary amides is 2. The van der Waals surface area contributed by atoms with Crippen molar-refractivity contribution >= 4 is 28.5 Å². The number of Topliss-reactive ketones (excluding diaryl/α,β-unsaturated/α-hetero) is 1. The zero-order valence-corrected chi connectivity index (χ0v) is 14.8. The second-order valence-electron chi connectivity index (χ2n) is 6.13. The van der Waals surface area contributed by atoms with E-state index in [1.54, 1.807) is 19.1 Å². The number of ketones is 1. The van der Waals surface area contributed by atoms with Crippen LogP contribution in [0.3, 0.4) is 0 Å². The SMILES string of the molecule is Cc1c(C(=O)C(N)=O)c2c(OCC(N)=O)cccc2n1Cc1ccccc1. The van der Waals surface area contributed by atoms with Crippen LogP contribution in [0.25, 0.3) is 10.9 Å². The van der Waals surface area contributed by atoms with Gasteiger partial charge >= 0.3 is 0 Å². The molecular weight excluding hydrogens is 346 g/mol. The van der Waals surface area contributed by atoms with Crippen LogP contribution in [-0.2, 0) is 16.1 Å². The van der Waals surface area contributed by atoms with Crippen molar-refractivity contribution in [2.45, 2.75) is 13.5 Å². The fraction of sp³-hybridized carbons (Fsp3) is 0.150. The number of nitrogens with zero attached hydrogens (tertiary/aromatic N) is 1. The van der Waals surface area contributed by atoms with E-state index in [4.69, 9.17) is 16.2 Å². The monoisotopic (exact) mass is 365 g/mol. The van der Waals surface area contributed by atoms with Crippen LogP contribution in [0.2, 0.25) is 0 Å². The summed E-state index contributed by atoms with van der Waals surface area (Å²) in [6, 6.07) is 14.9. The smallest absolute Gasteiger partial charge is 0.289 e. The van der Waals surface area contributed by atoms with Gasteiger partial charge in [0.05, 0.1) is 16.5 Å². The molecule has 0 fully saturated rings. The maximum Gasteiger partial charge on any atom is 0.289 e. The van der Waals surface area contributed by atoms with Crippen LogP contribution in [0.4, 0.5) is 0 Å². The number of ether oxygens (including phenoxy) is 1. The number of rotatable bonds is 7. The molecule has 2 aromatic carbocycles. The summed E-state index contributed by atoms with van der Waals surface area (Å²) in [5.74, 6) is -2.21. The summed E-state index contributed by atoms with van der Waals surface area (Å²) in [5, 5.41) is 0.441. The third-order valence-corrected chi connectivity index (χ3v) is 4.32. The van der Waals surface area contributed by atoms with Gasteiger partial charge in [0, 0.05) is 12.2 Å². The normalized spacial score (nSPS) is 10.7. The summed E-state index contributed by atoms with van der Waals surface area (Å²) >= 11 is 0. The fourth-order valence-electron chi connectivity index (χ4n) is 3.13. The Bertz CT molecular complexity index is 1040. The van der Waals surface area contributed by atoms with Crippen molar-refractivity contribution in [1.29, 1.82) is 0 Å². The summed E-state index contributed by atoms with van der Waals surface area (Å²) in [5.41, 5.74) is 12.9. The van der Waals surface area contributed by atoms with Gasteiger partial charge in [0.25, 0.3) is 17.6 Å². The lowest BCUT2D eigenvalue weighted by Crippen LogP contribution is -2.24. The van der Waals surface area contributed by atoms with Crippen molar-refractivity contribution in [3.05, 3.63) is 65.4 Å². The Morgan fingerprint density at radius 2 is 1.70 bits per heavy atom. The zero-order valence-electron chi connectivity index (χ0n) is 14.8. The molecule has 1 aromatic heterocycles. The van der Waals surface area contributed by atoms with Crippen LogP contribution in [0.1, 0.15) is 21.6 Å². The van der Waals surface area contributed by atoms with Gasteiger partial charge in [0.1, 0.15) is 5.75 Å². The zero-order chi connectivity index (χ0) is 19.6. The van der Waals surface area contributed by atoms with Crippen LogP contribution >= 0.6 is 0 Å². The van der Waals surface area contributed by atoms with Crippen LogP contribution in [0.15, 0.2) is 48.5 Å². The molecule has 0 radical (unpaired) electrons. The fourth-order valence-corrected chi connectivity index (χ4v) is 3.13. The van der Waals surface area contributed by atoms with Gasteiger partial charge < -0.3 is 20.8 Å². The molecule has 2 amide bonds. The Labute approximate surface area is 155 Å². The third-order valence-electron chi connectivity index (χ3n) is 4.32. The Kier molecular flexibility index (Phi) is 4.94. The number of hydrogen-bond acceptors (Lipinski definition) is 4. The summed E-state index contributed by atoms with van der Waals surface area (Å²) in [4.78, 5) is 35.2. The van der Waals surface area contributed by atoms with Gasteiger partial charge in [0.2, 0.25) is 0 Å². The lowest BCUT2D eigenvalue weighted by Gasteiger charge is -2.09. The molecule has 0 aliphatic carbocycles. The van der Waals surface area contributed by atoms with E-state index >= 15 is 0 Å². The molecule has 0 spiro atoms. The van der Waals surface area contributed by atoms with Gasteiger partial charge in [0.15, 0.2) is 6.61 Å². The second-order valence-corrected chi connectivity index (χ2v) is 6.13.